The molecule has 2 N–H and O–H groups in total. The molecule has 40 heavy (non-hydrogen) atoms. The standard InChI is InChI=1S/C27H25F3N4O6/c1-26(37,15-34-13-5-8-19(14-34)38-25(35)36)18-11-9-17(10-12-18)23-31-24(40-33-23)22-20(27(28,29)30)21(32-39-22)16-6-3-2-4-7-16/h2-4,6-7,9-12,19,37H,5,8,13-15H2,1H3,(H,35,36)/t19-,26?/m0/s1. The number of rotatable bonds is 7. The van der Waals surface area contributed by atoms with Gasteiger partial charge in [0, 0.05) is 24.2 Å². The van der Waals surface area contributed by atoms with E-state index in [-0.39, 0.29) is 23.6 Å². The van der Waals surface area contributed by atoms with Gasteiger partial charge in [-0.05, 0) is 31.9 Å². The molecule has 0 spiro atoms. The van der Waals surface area contributed by atoms with E-state index in [1.165, 1.54) is 12.1 Å². The summed E-state index contributed by atoms with van der Waals surface area (Å²) in [6.07, 6.45) is -5.22. The van der Waals surface area contributed by atoms with E-state index in [2.05, 4.69) is 15.3 Å². The number of ether oxygens (including phenoxy) is 1. The van der Waals surface area contributed by atoms with Gasteiger partial charge in [0.25, 0.3) is 5.89 Å². The summed E-state index contributed by atoms with van der Waals surface area (Å²) in [4.78, 5) is 16.9. The number of halogens is 3. The van der Waals surface area contributed by atoms with Crippen LogP contribution >= 0.6 is 0 Å². The molecule has 0 saturated carbocycles. The fourth-order valence-electron chi connectivity index (χ4n) is 4.83. The van der Waals surface area contributed by atoms with Crippen LogP contribution in [0.15, 0.2) is 63.6 Å². The Morgan fingerprint density at radius 3 is 2.48 bits per heavy atom. The van der Waals surface area contributed by atoms with Crippen molar-refractivity contribution in [3.8, 4) is 34.3 Å². The maximum absolute atomic E-state index is 14.0. The van der Waals surface area contributed by atoms with Gasteiger partial charge in [0.1, 0.15) is 17.4 Å². The van der Waals surface area contributed by atoms with Gasteiger partial charge in [0.05, 0.1) is 5.60 Å². The van der Waals surface area contributed by atoms with Gasteiger partial charge in [-0.1, -0.05) is 64.9 Å². The second kappa shape index (κ2) is 10.7. The molecule has 2 atom stereocenters. The molecule has 0 aliphatic carbocycles. The van der Waals surface area contributed by atoms with Crippen molar-refractivity contribution >= 4 is 6.16 Å². The van der Waals surface area contributed by atoms with Crippen molar-refractivity contribution in [1.29, 1.82) is 0 Å². The first kappa shape index (κ1) is 27.3. The lowest BCUT2D eigenvalue weighted by molar-refractivity contribution is -0.137. The van der Waals surface area contributed by atoms with Crippen LogP contribution in [-0.4, -0.2) is 62.3 Å². The number of β-amino-alcohol motifs (C(OH)–C–C–N with tert-alkyl or cyclic N) is 1. The highest BCUT2D eigenvalue weighted by Gasteiger charge is 2.43. The summed E-state index contributed by atoms with van der Waals surface area (Å²) in [6, 6.07) is 14.4. The molecule has 1 unspecified atom stereocenters. The average Bonchev–Trinajstić information content (AvgIpc) is 3.57. The maximum Gasteiger partial charge on any atom is 0.506 e. The van der Waals surface area contributed by atoms with E-state index >= 15 is 0 Å². The number of piperidine rings is 1. The molecule has 1 fully saturated rings. The smallest absolute Gasteiger partial charge is 0.450 e. The normalized spacial score (nSPS) is 17.9. The van der Waals surface area contributed by atoms with Crippen molar-refractivity contribution < 1.29 is 42.0 Å². The van der Waals surface area contributed by atoms with E-state index in [0.29, 0.717) is 30.6 Å². The SMILES string of the molecule is CC(O)(CN1CCC[C@H](OC(=O)O)C1)c1ccc(-c2noc(-c3onc(-c4ccccc4)c3C(F)(F)F)n2)cc1. The lowest BCUT2D eigenvalue weighted by Crippen LogP contribution is -2.46. The predicted molar refractivity (Wildman–Crippen MR) is 134 cm³/mol. The van der Waals surface area contributed by atoms with Crippen LogP contribution < -0.4 is 0 Å². The zero-order chi connectivity index (χ0) is 28.5. The number of benzene rings is 2. The quantitative estimate of drug-likeness (QED) is 0.282. The first-order valence-corrected chi connectivity index (χ1v) is 12.4. The van der Waals surface area contributed by atoms with Crippen molar-refractivity contribution in [1.82, 2.24) is 20.2 Å². The number of nitrogens with zero attached hydrogens (tertiary/aromatic N) is 4. The zero-order valence-corrected chi connectivity index (χ0v) is 21.3. The van der Waals surface area contributed by atoms with Gasteiger partial charge in [0.15, 0.2) is 0 Å². The minimum absolute atomic E-state index is 0.0247. The van der Waals surface area contributed by atoms with Gasteiger partial charge >= 0.3 is 12.3 Å². The van der Waals surface area contributed by atoms with Gasteiger partial charge in [-0.25, -0.2) is 4.79 Å². The van der Waals surface area contributed by atoms with Gasteiger partial charge in [0.2, 0.25) is 11.6 Å². The highest BCUT2D eigenvalue weighted by Crippen LogP contribution is 2.43. The molecule has 2 aromatic carbocycles. The minimum atomic E-state index is -4.80. The second-order valence-corrected chi connectivity index (χ2v) is 9.76. The second-order valence-electron chi connectivity index (χ2n) is 9.76. The molecule has 210 valence electrons. The molecule has 4 aromatic rings. The van der Waals surface area contributed by atoms with Crippen LogP contribution in [0.25, 0.3) is 34.3 Å². The molecule has 1 aliphatic rings. The molecule has 13 heteroatoms. The highest BCUT2D eigenvalue weighted by atomic mass is 19.4. The van der Waals surface area contributed by atoms with E-state index in [1.54, 1.807) is 49.4 Å². The van der Waals surface area contributed by atoms with Gasteiger partial charge in [-0.3, -0.25) is 4.90 Å². The lowest BCUT2D eigenvalue weighted by Gasteiger charge is -2.36. The van der Waals surface area contributed by atoms with Gasteiger partial charge < -0.3 is 24.0 Å². The molecule has 3 heterocycles. The van der Waals surface area contributed by atoms with E-state index in [4.69, 9.17) is 18.9 Å². The Bertz CT molecular complexity index is 1470. The van der Waals surface area contributed by atoms with Crippen LogP contribution in [0.2, 0.25) is 0 Å². The molecule has 0 radical (unpaired) electrons. The third-order valence-electron chi connectivity index (χ3n) is 6.67. The van der Waals surface area contributed by atoms with Crippen LogP contribution in [0.3, 0.4) is 0 Å². The van der Waals surface area contributed by atoms with E-state index in [9.17, 15) is 23.1 Å². The van der Waals surface area contributed by atoms with Crippen LogP contribution in [0.5, 0.6) is 0 Å². The summed E-state index contributed by atoms with van der Waals surface area (Å²) in [7, 11) is 0. The molecule has 1 aliphatic heterocycles. The number of hydrogen-bond acceptors (Lipinski definition) is 9. The average molecular weight is 559 g/mol. The fraction of sp³-hybridized carbons (Fsp3) is 0.333. The summed E-state index contributed by atoms with van der Waals surface area (Å²) in [5.74, 6) is -1.13. The minimum Gasteiger partial charge on any atom is -0.450 e. The highest BCUT2D eigenvalue weighted by molar-refractivity contribution is 5.71. The summed E-state index contributed by atoms with van der Waals surface area (Å²) >= 11 is 0. The molecule has 0 bridgehead atoms. The number of aliphatic hydroxyl groups is 1. The van der Waals surface area contributed by atoms with Gasteiger partial charge in [-0.2, -0.15) is 18.2 Å². The molecule has 1 saturated heterocycles. The summed E-state index contributed by atoms with van der Waals surface area (Å²) in [5, 5.41) is 27.5. The van der Waals surface area contributed by atoms with Crippen molar-refractivity contribution in [3.63, 3.8) is 0 Å². The van der Waals surface area contributed by atoms with E-state index in [0.717, 1.165) is 6.42 Å². The first-order chi connectivity index (χ1) is 19.0. The van der Waals surface area contributed by atoms with E-state index < -0.39 is 41.3 Å². The molecule has 10 nitrogen and oxygen atoms in total. The van der Waals surface area contributed by atoms with Crippen molar-refractivity contribution in [2.45, 2.75) is 37.6 Å². The summed E-state index contributed by atoms with van der Waals surface area (Å²) in [6.45, 7) is 2.95. The summed E-state index contributed by atoms with van der Waals surface area (Å²) < 4.78 is 57.0. The number of carbonyl (C=O) groups is 1. The van der Waals surface area contributed by atoms with Crippen LogP contribution in [0.1, 0.15) is 30.9 Å². The number of carboxylic acid groups (broad SMARTS) is 1. The zero-order valence-electron chi connectivity index (χ0n) is 21.3. The Balaban J connectivity index is 1.34. The summed E-state index contributed by atoms with van der Waals surface area (Å²) in [5.41, 5.74) is -1.54. The maximum atomic E-state index is 14.0. The topological polar surface area (TPSA) is 135 Å². The number of aromatic nitrogens is 3. The lowest BCUT2D eigenvalue weighted by atomic mass is 9.93. The van der Waals surface area contributed by atoms with Crippen LogP contribution in [-0.2, 0) is 16.5 Å². The molecule has 2 aromatic heterocycles. The van der Waals surface area contributed by atoms with Crippen molar-refractivity contribution in [2.24, 2.45) is 0 Å². The largest absolute Gasteiger partial charge is 0.506 e. The molecular formula is C27H25F3N4O6. The Labute approximate surface area is 226 Å². The first-order valence-electron chi connectivity index (χ1n) is 12.4. The monoisotopic (exact) mass is 558 g/mol. The predicted octanol–water partition coefficient (Wildman–Crippen LogP) is 5.44. The molecular weight excluding hydrogens is 533 g/mol. The molecule has 0 amide bonds. The Morgan fingerprint density at radius 1 is 1.07 bits per heavy atom. The van der Waals surface area contributed by atoms with E-state index in [1.807, 2.05) is 4.90 Å². The number of likely N-dealkylation sites (tertiary alicyclic amines) is 1. The number of alkyl halides is 3. The van der Waals surface area contributed by atoms with Crippen molar-refractivity contribution in [2.75, 3.05) is 19.6 Å². The van der Waals surface area contributed by atoms with Crippen LogP contribution in [0, 0.1) is 0 Å². The number of hydrogen-bond donors (Lipinski definition) is 2. The fourth-order valence-corrected chi connectivity index (χ4v) is 4.83. The Hall–Kier alpha value is -4.23. The van der Waals surface area contributed by atoms with Gasteiger partial charge in [-0.15, -0.1) is 0 Å². The third-order valence-corrected chi connectivity index (χ3v) is 6.67. The Morgan fingerprint density at radius 2 is 1.80 bits per heavy atom. The molecule has 5 rings (SSSR count). The Kier molecular flexibility index (Phi) is 7.34. The van der Waals surface area contributed by atoms with Crippen LogP contribution in [0.4, 0.5) is 18.0 Å². The van der Waals surface area contributed by atoms with Crippen molar-refractivity contribution in [3.05, 3.63) is 65.7 Å². The third kappa shape index (κ3) is 5.84.